The Hall–Kier alpha value is -7.56. The zero-order valence-electron chi connectivity index (χ0n) is 30.3. The van der Waals surface area contributed by atoms with Crippen LogP contribution in [-0.2, 0) is 0 Å². The lowest BCUT2D eigenvalue weighted by molar-refractivity contribution is 0.667. The Balaban J connectivity index is 1.11. The Bertz CT molecular complexity index is 3160. The van der Waals surface area contributed by atoms with Crippen molar-refractivity contribution < 1.29 is 8.83 Å². The van der Waals surface area contributed by atoms with E-state index in [1.807, 2.05) is 12.1 Å². The van der Waals surface area contributed by atoms with Gasteiger partial charge in [-0.15, -0.1) is 0 Å². The largest absolute Gasteiger partial charge is 0.456 e. The second kappa shape index (κ2) is 13.1. The van der Waals surface area contributed by atoms with E-state index in [1.54, 1.807) is 0 Å². The highest BCUT2D eigenvalue weighted by atomic mass is 16.3. The van der Waals surface area contributed by atoms with Gasteiger partial charge in [0.05, 0.1) is 22.4 Å². The summed E-state index contributed by atoms with van der Waals surface area (Å²) in [6.07, 6.45) is 0. The summed E-state index contributed by atoms with van der Waals surface area (Å²) in [6, 6.07) is 72.5. The standard InChI is InChI=1S/C52H34N2O2/c1-3-15-39(16-4-1)53(40-17-5-2-6-18-40)46-21-12-24-49-51(46)45-20-11-22-47(52(45)56-49)54(42-31-32-44-43-19-9-10-23-48(43)55-50(44)34-42)41-29-27-36(28-30-41)38-26-25-35-13-7-8-14-37(35)33-38/h1-34H. The van der Waals surface area contributed by atoms with Gasteiger partial charge in [0, 0.05) is 39.3 Å². The van der Waals surface area contributed by atoms with E-state index in [-0.39, 0.29) is 0 Å². The highest BCUT2D eigenvalue weighted by molar-refractivity contribution is 6.17. The lowest BCUT2D eigenvalue weighted by atomic mass is 10.0. The molecule has 0 atom stereocenters. The van der Waals surface area contributed by atoms with Crippen molar-refractivity contribution in [3.63, 3.8) is 0 Å². The molecule has 2 aromatic heterocycles. The summed E-state index contributed by atoms with van der Waals surface area (Å²) >= 11 is 0. The number of furan rings is 2. The predicted octanol–water partition coefficient (Wildman–Crippen LogP) is 15.2. The third kappa shape index (κ3) is 5.31. The molecule has 9 aromatic carbocycles. The zero-order chi connectivity index (χ0) is 37.0. The Morgan fingerprint density at radius 3 is 1.68 bits per heavy atom. The molecule has 0 aliphatic carbocycles. The van der Waals surface area contributed by atoms with Gasteiger partial charge < -0.3 is 18.6 Å². The van der Waals surface area contributed by atoms with Crippen molar-refractivity contribution >= 4 is 88.8 Å². The number of anilines is 6. The number of para-hydroxylation sites is 4. The van der Waals surface area contributed by atoms with E-state index in [2.05, 4.69) is 204 Å². The van der Waals surface area contributed by atoms with Gasteiger partial charge in [-0.3, -0.25) is 0 Å². The van der Waals surface area contributed by atoms with Gasteiger partial charge in [-0.25, -0.2) is 0 Å². The summed E-state index contributed by atoms with van der Waals surface area (Å²) in [6.45, 7) is 0. The number of nitrogens with zero attached hydrogens (tertiary/aromatic N) is 2. The second-order valence-corrected chi connectivity index (χ2v) is 14.1. The molecule has 11 rings (SSSR count). The third-order valence-electron chi connectivity index (χ3n) is 10.8. The molecular weight excluding hydrogens is 685 g/mol. The molecule has 264 valence electrons. The van der Waals surface area contributed by atoms with E-state index >= 15 is 0 Å². The molecule has 0 unspecified atom stereocenters. The van der Waals surface area contributed by atoms with Crippen LogP contribution in [0.1, 0.15) is 0 Å². The molecule has 0 radical (unpaired) electrons. The van der Waals surface area contributed by atoms with Crippen molar-refractivity contribution in [3.05, 3.63) is 206 Å². The van der Waals surface area contributed by atoms with Crippen LogP contribution in [0.25, 0.3) is 65.8 Å². The minimum Gasteiger partial charge on any atom is -0.456 e. The van der Waals surface area contributed by atoms with E-state index in [9.17, 15) is 0 Å². The molecule has 0 aliphatic heterocycles. The summed E-state index contributed by atoms with van der Waals surface area (Å²) in [5, 5.41) is 6.74. The fourth-order valence-corrected chi connectivity index (χ4v) is 8.21. The van der Waals surface area contributed by atoms with Gasteiger partial charge in [-0.05, 0) is 101 Å². The van der Waals surface area contributed by atoms with Crippen molar-refractivity contribution in [2.24, 2.45) is 0 Å². The molecule has 4 nitrogen and oxygen atoms in total. The summed E-state index contributed by atoms with van der Waals surface area (Å²) in [5.41, 5.74) is 11.8. The van der Waals surface area contributed by atoms with Crippen LogP contribution in [0.2, 0.25) is 0 Å². The van der Waals surface area contributed by atoms with Crippen LogP contribution in [0.3, 0.4) is 0 Å². The summed E-state index contributed by atoms with van der Waals surface area (Å²) in [7, 11) is 0. The van der Waals surface area contributed by atoms with Crippen LogP contribution in [0.15, 0.2) is 215 Å². The molecule has 0 spiro atoms. The van der Waals surface area contributed by atoms with E-state index in [0.29, 0.717) is 0 Å². The Morgan fingerprint density at radius 2 is 0.875 bits per heavy atom. The number of hydrogen-bond acceptors (Lipinski definition) is 4. The molecule has 4 heteroatoms. The first-order valence-electron chi connectivity index (χ1n) is 18.9. The summed E-state index contributed by atoms with van der Waals surface area (Å²) in [4.78, 5) is 4.59. The molecule has 0 fully saturated rings. The first-order valence-corrected chi connectivity index (χ1v) is 18.9. The van der Waals surface area contributed by atoms with Crippen molar-refractivity contribution in [2.45, 2.75) is 0 Å². The quantitative estimate of drug-likeness (QED) is 0.164. The Kier molecular flexibility index (Phi) is 7.46. The van der Waals surface area contributed by atoms with E-state index < -0.39 is 0 Å². The molecule has 2 heterocycles. The van der Waals surface area contributed by atoms with Gasteiger partial charge in [0.25, 0.3) is 0 Å². The smallest absolute Gasteiger partial charge is 0.159 e. The van der Waals surface area contributed by atoms with Crippen molar-refractivity contribution in [3.8, 4) is 11.1 Å². The molecule has 0 amide bonds. The zero-order valence-corrected chi connectivity index (χ0v) is 30.3. The van der Waals surface area contributed by atoms with Crippen LogP contribution in [0.5, 0.6) is 0 Å². The van der Waals surface area contributed by atoms with E-state index in [4.69, 9.17) is 8.83 Å². The van der Waals surface area contributed by atoms with Crippen LogP contribution in [-0.4, -0.2) is 0 Å². The highest BCUT2D eigenvalue weighted by Gasteiger charge is 2.24. The number of rotatable bonds is 7. The molecule has 56 heavy (non-hydrogen) atoms. The van der Waals surface area contributed by atoms with Gasteiger partial charge in [-0.1, -0.05) is 121 Å². The summed E-state index contributed by atoms with van der Waals surface area (Å²) in [5.74, 6) is 0. The van der Waals surface area contributed by atoms with Crippen LogP contribution in [0, 0.1) is 0 Å². The highest BCUT2D eigenvalue weighted by Crippen LogP contribution is 2.47. The van der Waals surface area contributed by atoms with Gasteiger partial charge in [0.1, 0.15) is 16.7 Å². The lowest BCUT2D eigenvalue weighted by Crippen LogP contribution is -2.10. The van der Waals surface area contributed by atoms with Gasteiger partial charge >= 0.3 is 0 Å². The maximum atomic E-state index is 6.95. The van der Waals surface area contributed by atoms with E-state index in [1.165, 1.54) is 16.3 Å². The first-order chi connectivity index (χ1) is 27.8. The van der Waals surface area contributed by atoms with Crippen LogP contribution in [0.4, 0.5) is 34.1 Å². The van der Waals surface area contributed by atoms with Crippen molar-refractivity contribution in [1.29, 1.82) is 0 Å². The molecule has 0 N–H and O–H groups in total. The maximum absolute atomic E-state index is 6.95. The topological polar surface area (TPSA) is 32.8 Å². The molecule has 11 aromatic rings. The number of benzene rings is 9. The van der Waals surface area contributed by atoms with Crippen LogP contribution >= 0.6 is 0 Å². The molecule has 0 bridgehead atoms. The predicted molar refractivity (Wildman–Crippen MR) is 233 cm³/mol. The molecule has 0 aliphatic rings. The van der Waals surface area contributed by atoms with E-state index in [0.717, 1.165) is 83.6 Å². The second-order valence-electron chi connectivity index (χ2n) is 14.1. The third-order valence-corrected chi connectivity index (χ3v) is 10.8. The average molecular weight is 719 g/mol. The SMILES string of the molecule is c1ccc(N(c2ccccc2)c2cccc3oc4c(N(c5ccc(-c6ccc7ccccc7c6)cc5)c5ccc6c(c5)oc5ccccc56)cccc4c23)cc1. The van der Waals surface area contributed by atoms with Gasteiger partial charge in [0.15, 0.2) is 5.58 Å². The first kappa shape index (κ1) is 31.9. The Labute approximate surface area is 323 Å². The molecule has 0 saturated carbocycles. The molecular formula is C52H34N2O2. The fourth-order valence-electron chi connectivity index (χ4n) is 8.21. The fraction of sp³-hybridized carbons (Fsp3) is 0. The lowest BCUT2D eigenvalue weighted by Gasteiger charge is -2.26. The van der Waals surface area contributed by atoms with Gasteiger partial charge in [0.2, 0.25) is 0 Å². The monoisotopic (exact) mass is 718 g/mol. The minimum atomic E-state index is 0.805. The normalized spacial score (nSPS) is 11.6. The van der Waals surface area contributed by atoms with Gasteiger partial charge in [-0.2, -0.15) is 0 Å². The minimum absolute atomic E-state index is 0.805. The van der Waals surface area contributed by atoms with Crippen LogP contribution < -0.4 is 9.80 Å². The van der Waals surface area contributed by atoms with Crippen molar-refractivity contribution in [1.82, 2.24) is 0 Å². The summed E-state index contributed by atoms with van der Waals surface area (Å²) < 4.78 is 13.4. The van der Waals surface area contributed by atoms with Crippen molar-refractivity contribution in [2.75, 3.05) is 9.80 Å². The molecule has 0 saturated heterocycles. The number of fused-ring (bicyclic) bond motifs is 7. The maximum Gasteiger partial charge on any atom is 0.159 e. The number of hydrogen-bond donors (Lipinski definition) is 0. The average Bonchev–Trinajstić information content (AvgIpc) is 3.84. The Morgan fingerprint density at radius 1 is 0.304 bits per heavy atom.